The zero-order valence-corrected chi connectivity index (χ0v) is 14.9. The lowest BCUT2D eigenvalue weighted by Crippen LogP contribution is -2.50. The number of nitrogens with zero attached hydrogens (tertiary/aromatic N) is 1. The van der Waals surface area contributed by atoms with Crippen LogP contribution in [0.4, 0.5) is 0 Å². The van der Waals surface area contributed by atoms with Crippen LogP contribution in [0.2, 0.25) is 0 Å². The maximum absolute atomic E-state index is 11.6. The molecule has 0 fully saturated rings. The van der Waals surface area contributed by atoms with E-state index < -0.39 is 0 Å². The van der Waals surface area contributed by atoms with Gasteiger partial charge >= 0.3 is 5.97 Å². The van der Waals surface area contributed by atoms with E-state index in [2.05, 4.69) is 27.6 Å². The van der Waals surface area contributed by atoms with Crippen molar-refractivity contribution in [3.05, 3.63) is 12.2 Å². The summed E-state index contributed by atoms with van der Waals surface area (Å²) in [7, 11) is 4.25. The molecule has 0 spiro atoms. The first-order valence-electron chi connectivity index (χ1n) is 8.50. The van der Waals surface area contributed by atoms with Gasteiger partial charge in [-0.1, -0.05) is 52.0 Å². The second kappa shape index (κ2) is 10.8. The minimum Gasteiger partial charge on any atom is -0.409 e. The van der Waals surface area contributed by atoms with Crippen LogP contribution in [0.3, 0.4) is 0 Å². The number of rotatable bonds is 12. The average Bonchev–Trinajstić information content (AvgIpc) is 2.41. The van der Waals surface area contributed by atoms with Gasteiger partial charge in [0.05, 0.1) is 20.6 Å². The van der Waals surface area contributed by atoms with Gasteiger partial charge in [-0.25, -0.2) is 4.79 Å². The molecule has 3 heteroatoms. The summed E-state index contributed by atoms with van der Waals surface area (Å²) < 4.78 is 6.15. The normalized spacial score (nSPS) is 13.0. The molecule has 3 nitrogen and oxygen atoms in total. The van der Waals surface area contributed by atoms with E-state index in [1.54, 1.807) is 6.92 Å². The molecule has 0 aromatic rings. The molecule has 21 heavy (non-hydrogen) atoms. The van der Waals surface area contributed by atoms with Gasteiger partial charge in [0.1, 0.15) is 0 Å². The van der Waals surface area contributed by atoms with Gasteiger partial charge in [-0.2, -0.15) is 0 Å². The maximum atomic E-state index is 11.6. The summed E-state index contributed by atoms with van der Waals surface area (Å²) in [6.07, 6.45) is 10.5. The third kappa shape index (κ3) is 9.67. The maximum Gasteiger partial charge on any atom is 0.337 e. The predicted octanol–water partition coefficient (Wildman–Crippen LogP) is 4.67. The van der Waals surface area contributed by atoms with Crippen molar-refractivity contribution in [3.8, 4) is 0 Å². The molecule has 0 rings (SSSR count). The molecule has 0 aromatic heterocycles. The van der Waals surface area contributed by atoms with Crippen LogP contribution < -0.4 is 0 Å². The van der Waals surface area contributed by atoms with Gasteiger partial charge in [0.25, 0.3) is 0 Å². The molecule has 0 N–H and O–H groups in total. The zero-order valence-electron chi connectivity index (χ0n) is 14.9. The molecule has 0 radical (unpaired) electrons. The quantitative estimate of drug-likeness (QED) is 0.172. The topological polar surface area (TPSA) is 26.3 Å². The number of carbonyl (C=O) groups excluding carboxylic acids is 1. The van der Waals surface area contributed by atoms with E-state index in [1.807, 2.05) is 6.92 Å². The van der Waals surface area contributed by atoms with Gasteiger partial charge in [0.15, 0.2) is 0 Å². The summed E-state index contributed by atoms with van der Waals surface area (Å²) >= 11 is 0. The molecule has 0 aliphatic rings. The molecular weight excluding hydrogens is 262 g/mol. The summed E-state index contributed by atoms with van der Waals surface area (Å²) in [5, 5.41) is 0. The number of unbranched alkanes of at least 4 members (excludes halogenated alkanes) is 7. The number of ether oxygens (including phenoxy) is 1. The van der Waals surface area contributed by atoms with Gasteiger partial charge in [-0.05, 0) is 19.8 Å². The fourth-order valence-corrected chi connectivity index (χ4v) is 2.23. The Kier molecular flexibility index (Phi) is 10.4. The van der Waals surface area contributed by atoms with Crippen molar-refractivity contribution in [3.63, 3.8) is 0 Å². The predicted molar refractivity (Wildman–Crippen MR) is 90.0 cm³/mol. The Morgan fingerprint density at radius 2 is 1.52 bits per heavy atom. The van der Waals surface area contributed by atoms with Crippen molar-refractivity contribution in [2.45, 2.75) is 78.4 Å². The Balaban J connectivity index is 3.81. The van der Waals surface area contributed by atoms with E-state index in [0.717, 1.165) is 11.0 Å². The van der Waals surface area contributed by atoms with Crippen LogP contribution >= 0.6 is 0 Å². The summed E-state index contributed by atoms with van der Waals surface area (Å²) in [5.41, 5.74) is 0.467. The summed E-state index contributed by atoms with van der Waals surface area (Å²) in [5.74, 6) is -0.287. The van der Waals surface area contributed by atoms with Gasteiger partial charge < -0.3 is 4.74 Å². The highest BCUT2D eigenvalue weighted by Crippen LogP contribution is 2.14. The second-order valence-electron chi connectivity index (χ2n) is 6.76. The number of esters is 1. The Hall–Kier alpha value is -0.830. The Labute approximate surface area is 131 Å². The fourth-order valence-electron chi connectivity index (χ4n) is 2.23. The van der Waals surface area contributed by atoms with Crippen LogP contribution in [0.1, 0.15) is 72.1 Å². The van der Waals surface area contributed by atoms with Gasteiger partial charge in [-0.15, -0.1) is 0 Å². The zero-order chi connectivity index (χ0) is 16.3. The van der Waals surface area contributed by atoms with E-state index in [1.165, 1.54) is 51.4 Å². The first-order chi connectivity index (χ1) is 9.81. The molecule has 0 saturated heterocycles. The van der Waals surface area contributed by atoms with E-state index in [4.69, 9.17) is 4.74 Å². The van der Waals surface area contributed by atoms with Crippen molar-refractivity contribution in [2.24, 2.45) is 0 Å². The first-order valence-corrected chi connectivity index (χ1v) is 8.50. The van der Waals surface area contributed by atoms with Gasteiger partial charge in [-0.3, -0.25) is 4.48 Å². The standard InChI is InChI=1S/C18H36NO2/c1-7-8-9-10-11-12-13-14-15-19(5,6)17(4)21-18(20)16(2)3/h17H,2,7-15H2,1,3-6H3/q+1. The van der Waals surface area contributed by atoms with E-state index >= 15 is 0 Å². The highest BCUT2D eigenvalue weighted by molar-refractivity contribution is 5.86. The molecule has 0 aliphatic carbocycles. The molecule has 0 heterocycles. The molecule has 0 bridgehead atoms. The number of hydrogen-bond donors (Lipinski definition) is 0. The Morgan fingerprint density at radius 1 is 1.05 bits per heavy atom. The van der Waals surface area contributed by atoms with Crippen LogP contribution in [0.5, 0.6) is 0 Å². The minimum absolute atomic E-state index is 0.126. The van der Waals surface area contributed by atoms with Crippen molar-refractivity contribution in [1.82, 2.24) is 0 Å². The van der Waals surface area contributed by atoms with Crippen molar-refractivity contribution < 1.29 is 14.0 Å². The minimum atomic E-state index is -0.287. The van der Waals surface area contributed by atoms with Crippen LogP contribution in [0.25, 0.3) is 0 Å². The molecule has 0 aromatic carbocycles. The molecule has 124 valence electrons. The molecule has 0 amide bonds. The molecule has 1 unspecified atom stereocenters. The Bertz CT molecular complexity index is 310. The van der Waals surface area contributed by atoms with E-state index in [-0.39, 0.29) is 12.2 Å². The van der Waals surface area contributed by atoms with E-state index in [9.17, 15) is 4.79 Å². The lowest BCUT2D eigenvalue weighted by Gasteiger charge is -2.35. The Morgan fingerprint density at radius 3 is 2.00 bits per heavy atom. The fraction of sp³-hybridized carbons (Fsp3) is 0.833. The van der Waals surface area contributed by atoms with Crippen LogP contribution in [-0.2, 0) is 9.53 Å². The molecule has 0 saturated carbocycles. The molecule has 0 aliphatic heterocycles. The highest BCUT2D eigenvalue weighted by Gasteiger charge is 2.26. The number of carbonyl (C=O) groups is 1. The van der Waals surface area contributed by atoms with Crippen molar-refractivity contribution >= 4 is 5.97 Å². The van der Waals surface area contributed by atoms with Crippen molar-refractivity contribution in [2.75, 3.05) is 20.6 Å². The third-order valence-electron chi connectivity index (χ3n) is 4.20. The smallest absolute Gasteiger partial charge is 0.337 e. The first kappa shape index (κ1) is 20.2. The monoisotopic (exact) mass is 298 g/mol. The van der Waals surface area contributed by atoms with Gasteiger partial charge in [0.2, 0.25) is 6.23 Å². The van der Waals surface area contributed by atoms with Crippen LogP contribution in [0.15, 0.2) is 12.2 Å². The largest absolute Gasteiger partial charge is 0.409 e. The number of quaternary nitrogens is 1. The van der Waals surface area contributed by atoms with Crippen LogP contribution in [-0.4, -0.2) is 37.3 Å². The summed E-state index contributed by atoms with van der Waals surface area (Å²) in [6, 6.07) is 0. The average molecular weight is 298 g/mol. The molecule has 1 atom stereocenters. The van der Waals surface area contributed by atoms with Crippen LogP contribution in [0, 0.1) is 0 Å². The SMILES string of the molecule is C=C(C)C(=O)OC(C)[N+](C)(C)CCCCCCCCCC. The third-order valence-corrected chi connectivity index (χ3v) is 4.20. The second-order valence-corrected chi connectivity index (χ2v) is 6.76. The number of hydrogen-bond acceptors (Lipinski definition) is 2. The highest BCUT2D eigenvalue weighted by atomic mass is 16.6. The van der Waals surface area contributed by atoms with E-state index in [0.29, 0.717) is 5.57 Å². The summed E-state index contributed by atoms with van der Waals surface area (Å²) in [4.78, 5) is 11.6. The lowest BCUT2D eigenvalue weighted by molar-refractivity contribution is -0.932. The lowest BCUT2D eigenvalue weighted by atomic mass is 10.1. The molecular formula is C18H36NO2+. The summed E-state index contributed by atoms with van der Waals surface area (Å²) in [6.45, 7) is 10.6. The van der Waals surface area contributed by atoms with Gasteiger partial charge in [0, 0.05) is 12.5 Å². The van der Waals surface area contributed by atoms with Crippen molar-refractivity contribution in [1.29, 1.82) is 0 Å².